The molecule has 0 unspecified atom stereocenters. The summed E-state index contributed by atoms with van der Waals surface area (Å²) in [6, 6.07) is 5.86. The van der Waals surface area contributed by atoms with Crippen LogP contribution >= 0.6 is 0 Å². The summed E-state index contributed by atoms with van der Waals surface area (Å²) >= 11 is 0. The molecular weight excluding hydrogens is 276 g/mol. The SMILES string of the molecule is CCCCCCCCC(=O)Oc1ccc([SH](=O)=O)cc1. The van der Waals surface area contributed by atoms with Crippen LogP contribution in [0.15, 0.2) is 29.2 Å². The molecule has 0 saturated heterocycles. The van der Waals surface area contributed by atoms with Crippen LogP contribution in [0.5, 0.6) is 5.75 Å². The molecule has 0 radical (unpaired) electrons. The molecule has 0 heterocycles. The maximum Gasteiger partial charge on any atom is 0.311 e. The molecule has 0 aliphatic carbocycles. The van der Waals surface area contributed by atoms with Gasteiger partial charge in [-0.2, -0.15) is 0 Å². The van der Waals surface area contributed by atoms with Gasteiger partial charge in [-0.25, -0.2) is 8.42 Å². The Balaban J connectivity index is 2.25. The third kappa shape index (κ3) is 6.70. The molecule has 0 saturated carbocycles. The molecular formula is C15H22O4S. The van der Waals surface area contributed by atoms with Crippen molar-refractivity contribution in [3.63, 3.8) is 0 Å². The molecule has 0 atom stereocenters. The van der Waals surface area contributed by atoms with Gasteiger partial charge in [0.05, 0.1) is 4.90 Å². The standard InChI is InChI=1S/C15H22O4S/c1-2-3-4-5-6-7-8-15(16)19-13-9-11-14(12-10-13)20(17)18/h9-12,20H,2-8H2,1H3. The highest BCUT2D eigenvalue weighted by Gasteiger charge is 2.05. The molecule has 1 rings (SSSR count). The lowest BCUT2D eigenvalue weighted by Gasteiger charge is -2.04. The second kappa shape index (κ2) is 9.53. The number of esters is 1. The van der Waals surface area contributed by atoms with E-state index in [1.807, 2.05) is 0 Å². The number of carbonyl (C=O) groups excluding carboxylic acids is 1. The van der Waals surface area contributed by atoms with Gasteiger partial charge in [0.2, 0.25) is 0 Å². The Hall–Kier alpha value is -1.36. The van der Waals surface area contributed by atoms with E-state index in [9.17, 15) is 13.2 Å². The van der Waals surface area contributed by atoms with Gasteiger partial charge in [-0.15, -0.1) is 0 Å². The Morgan fingerprint density at radius 1 is 1.00 bits per heavy atom. The molecule has 1 aromatic rings. The topological polar surface area (TPSA) is 60.4 Å². The summed E-state index contributed by atoms with van der Waals surface area (Å²) in [5.41, 5.74) is 0. The number of carbonyl (C=O) groups is 1. The highest BCUT2D eigenvalue weighted by Crippen LogP contribution is 2.14. The van der Waals surface area contributed by atoms with E-state index in [1.54, 1.807) is 0 Å². The Morgan fingerprint density at radius 2 is 1.60 bits per heavy atom. The summed E-state index contributed by atoms with van der Waals surface area (Å²) in [6.07, 6.45) is 7.14. The average Bonchev–Trinajstić information content (AvgIpc) is 2.43. The molecule has 1 aromatic carbocycles. The van der Waals surface area contributed by atoms with E-state index < -0.39 is 10.7 Å². The van der Waals surface area contributed by atoms with Crippen LogP contribution in [0.4, 0.5) is 0 Å². The maximum atomic E-state index is 11.6. The number of hydrogen-bond donors (Lipinski definition) is 1. The van der Waals surface area contributed by atoms with Gasteiger partial charge < -0.3 is 4.74 Å². The molecule has 0 amide bonds. The lowest BCUT2D eigenvalue weighted by Crippen LogP contribution is -2.07. The number of rotatable bonds is 9. The number of benzene rings is 1. The largest absolute Gasteiger partial charge is 0.427 e. The van der Waals surface area contributed by atoms with Crippen molar-refractivity contribution < 1.29 is 17.9 Å². The molecule has 0 aromatic heterocycles. The molecule has 0 aliphatic rings. The van der Waals surface area contributed by atoms with Crippen molar-refractivity contribution in [1.29, 1.82) is 0 Å². The van der Waals surface area contributed by atoms with Gasteiger partial charge in [0.15, 0.2) is 10.7 Å². The third-order valence-electron chi connectivity index (χ3n) is 3.01. The van der Waals surface area contributed by atoms with E-state index in [0.717, 1.165) is 19.3 Å². The van der Waals surface area contributed by atoms with E-state index >= 15 is 0 Å². The van der Waals surface area contributed by atoms with E-state index in [2.05, 4.69) is 6.92 Å². The molecule has 5 heteroatoms. The van der Waals surface area contributed by atoms with Crippen LogP contribution in [0, 0.1) is 0 Å². The Morgan fingerprint density at radius 3 is 2.20 bits per heavy atom. The summed E-state index contributed by atoms with van der Waals surface area (Å²) in [5.74, 6) is 0.126. The number of thiol groups is 1. The van der Waals surface area contributed by atoms with E-state index in [-0.39, 0.29) is 10.9 Å². The highest BCUT2D eigenvalue weighted by atomic mass is 32.2. The minimum absolute atomic E-state index is 0.218. The van der Waals surface area contributed by atoms with Crippen LogP contribution in [0.1, 0.15) is 51.9 Å². The smallest absolute Gasteiger partial charge is 0.311 e. The van der Waals surface area contributed by atoms with Gasteiger partial charge in [0.1, 0.15) is 5.75 Å². The summed E-state index contributed by atoms with van der Waals surface area (Å²) in [5, 5.41) is 0. The first kappa shape index (κ1) is 16.7. The van der Waals surface area contributed by atoms with Crippen molar-refractivity contribution in [2.24, 2.45) is 0 Å². The number of hydrogen-bond acceptors (Lipinski definition) is 4. The lowest BCUT2D eigenvalue weighted by molar-refractivity contribution is -0.134. The first-order valence-corrected chi connectivity index (χ1v) is 8.26. The molecule has 0 bridgehead atoms. The number of ether oxygens (including phenoxy) is 1. The van der Waals surface area contributed by atoms with Crippen molar-refractivity contribution in [3.8, 4) is 5.75 Å². The Bertz CT molecular complexity index is 469. The van der Waals surface area contributed by atoms with Crippen molar-refractivity contribution in [2.75, 3.05) is 0 Å². The van der Waals surface area contributed by atoms with Gasteiger partial charge in [-0.05, 0) is 30.7 Å². The first-order valence-electron chi connectivity index (χ1n) is 7.08. The first-order chi connectivity index (χ1) is 9.63. The fourth-order valence-corrected chi connectivity index (χ4v) is 2.26. The maximum absolute atomic E-state index is 11.6. The van der Waals surface area contributed by atoms with Crippen LogP contribution in [-0.4, -0.2) is 14.4 Å². The van der Waals surface area contributed by atoms with Crippen LogP contribution in [-0.2, 0) is 15.5 Å². The second-order valence-electron chi connectivity index (χ2n) is 4.74. The third-order valence-corrected chi connectivity index (χ3v) is 3.73. The second-order valence-corrected chi connectivity index (χ2v) is 5.77. The molecule has 20 heavy (non-hydrogen) atoms. The predicted molar refractivity (Wildman–Crippen MR) is 78.7 cm³/mol. The Labute approximate surface area is 122 Å². The van der Waals surface area contributed by atoms with Crippen molar-refractivity contribution in [1.82, 2.24) is 0 Å². The molecule has 0 fully saturated rings. The summed E-state index contributed by atoms with van der Waals surface area (Å²) in [4.78, 5) is 11.8. The van der Waals surface area contributed by atoms with E-state index in [0.29, 0.717) is 12.2 Å². The van der Waals surface area contributed by atoms with E-state index in [1.165, 1.54) is 43.5 Å². The summed E-state index contributed by atoms with van der Waals surface area (Å²) < 4.78 is 26.6. The van der Waals surface area contributed by atoms with Gasteiger partial charge >= 0.3 is 5.97 Å². The van der Waals surface area contributed by atoms with Crippen LogP contribution in [0.25, 0.3) is 0 Å². The minimum Gasteiger partial charge on any atom is -0.427 e. The number of unbranched alkanes of at least 4 members (excludes halogenated alkanes) is 5. The van der Waals surface area contributed by atoms with Crippen molar-refractivity contribution in [2.45, 2.75) is 56.8 Å². The molecule has 0 N–H and O–H groups in total. The van der Waals surface area contributed by atoms with Gasteiger partial charge in [-0.1, -0.05) is 39.0 Å². The zero-order chi connectivity index (χ0) is 14.8. The van der Waals surface area contributed by atoms with Gasteiger partial charge in [0.25, 0.3) is 0 Å². The molecule has 4 nitrogen and oxygen atoms in total. The zero-order valence-electron chi connectivity index (χ0n) is 11.8. The fraction of sp³-hybridized carbons (Fsp3) is 0.533. The fourth-order valence-electron chi connectivity index (χ4n) is 1.87. The minimum atomic E-state index is -2.59. The van der Waals surface area contributed by atoms with Gasteiger partial charge in [0, 0.05) is 6.42 Å². The van der Waals surface area contributed by atoms with Crippen LogP contribution in [0.2, 0.25) is 0 Å². The lowest BCUT2D eigenvalue weighted by atomic mass is 10.1. The quantitative estimate of drug-likeness (QED) is 0.329. The highest BCUT2D eigenvalue weighted by molar-refractivity contribution is 7.72. The monoisotopic (exact) mass is 298 g/mol. The summed E-state index contributed by atoms with van der Waals surface area (Å²) in [7, 11) is -2.59. The van der Waals surface area contributed by atoms with E-state index in [4.69, 9.17) is 4.74 Å². The molecule has 112 valence electrons. The van der Waals surface area contributed by atoms with Crippen molar-refractivity contribution in [3.05, 3.63) is 24.3 Å². The van der Waals surface area contributed by atoms with Crippen molar-refractivity contribution >= 4 is 16.7 Å². The molecule has 0 spiro atoms. The van der Waals surface area contributed by atoms with Crippen LogP contribution in [0.3, 0.4) is 0 Å². The van der Waals surface area contributed by atoms with Crippen LogP contribution < -0.4 is 4.74 Å². The molecule has 0 aliphatic heterocycles. The average molecular weight is 298 g/mol. The normalized spacial score (nSPS) is 10.7. The predicted octanol–water partition coefficient (Wildman–Crippen LogP) is 3.31. The van der Waals surface area contributed by atoms with Gasteiger partial charge in [-0.3, -0.25) is 4.79 Å². The summed E-state index contributed by atoms with van der Waals surface area (Å²) in [6.45, 7) is 2.17. The zero-order valence-corrected chi connectivity index (χ0v) is 12.7. The Kier molecular flexibility index (Phi) is 7.95.